The van der Waals surface area contributed by atoms with Gasteiger partial charge in [-0.15, -0.1) is 0 Å². The molecule has 1 aliphatic heterocycles. The zero-order valence-corrected chi connectivity index (χ0v) is 18.6. The Labute approximate surface area is 183 Å². The maximum atomic E-state index is 13.4. The van der Waals surface area contributed by atoms with Crippen LogP contribution < -0.4 is 5.32 Å². The number of amides is 2. The second kappa shape index (κ2) is 7.40. The van der Waals surface area contributed by atoms with Crippen LogP contribution in [0.4, 0.5) is 0 Å². The van der Waals surface area contributed by atoms with E-state index < -0.39 is 11.6 Å². The van der Waals surface area contributed by atoms with Crippen LogP contribution in [0.5, 0.6) is 0 Å². The molecule has 1 aliphatic rings. The summed E-state index contributed by atoms with van der Waals surface area (Å²) < 4.78 is 2.32. The summed E-state index contributed by atoms with van der Waals surface area (Å²) in [6.07, 6.45) is 0. The summed E-state index contributed by atoms with van der Waals surface area (Å²) in [5.41, 5.74) is 1.14. The molecular weight excluding hydrogens is 446 g/mol. The van der Waals surface area contributed by atoms with Crippen molar-refractivity contribution in [3.63, 3.8) is 0 Å². The molecule has 0 radical (unpaired) electrons. The number of carbonyl (C=O) groups excluding carboxylic acids is 3. The van der Waals surface area contributed by atoms with Gasteiger partial charge in [-0.05, 0) is 50.6 Å². The highest BCUT2D eigenvalue weighted by Crippen LogP contribution is 2.31. The maximum Gasteiger partial charge on any atom is 0.272 e. The smallest absolute Gasteiger partial charge is 0.272 e. The molecule has 3 aromatic rings. The van der Waals surface area contributed by atoms with E-state index in [0.29, 0.717) is 11.1 Å². The fraction of sp³-hybridized carbons (Fsp3) is 0.261. The van der Waals surface area contributed by atoms with Crippen LogP contribution in [-0.4, -0.2) is 39.3 Å². The number of para-hydroxylation sites is 1. The van der Waals surface area contributed by atoms with E-state index in [1.807, 2.05) is 57.2 Å². The molecule has 0 bridgehead atoms. The van der Waals surface area contributed by atoms with Crippen LogP contribution in [0.1, 0.15) is 47.7 Å². The van der Waals surface area contributed by atoms with Crippen LogP contribution in [0.3, 0.4) is 0 Å². The van der Waals surface area contributed by atoms with Gasteiger partial charge in [-0.25, -0.2) is 0 Å². The first-order valence-electron chi connectivity index (χ1n) is 9.68. The Morgan fingerprint density at radius 3 is 2.40 bits per heavy atom. The molecule has 2 heterocycles. The van der Waals surface area contributed by atoms with Gasteiger partial charge in [0.05, 0.1) is 5.52 Å². The summed E-state index contributed by atoms with van der Waals surface area (Å²) in [4.78, 5) is 41.1. The lowest BCUT2D eigenvalue weighted by Gasteiger charge is -2.35. The molecule has 2 amide bonds. The number of fused-ring (bicyclic) bond motifs is 3. The highest BCUT2D eigenvalue weighted by atomic mass is 79.9. The molecule has 154 valence electrons. The van der Waals surface area contributed by atoms with Crippen molar-refractivity contribution in [1.82, 2.24) is 14.8 Å². The quantitative estimate of drug-likeness (QED) is 0.628. The van der Waals surface area contributed by atoms with Gasteiger partial charge in [-0.1, -0.05) is 46.3 Å². The molecule has 6 nitrogen and oxygen atoms in total. The molecule has 1 aromatic heterocycles. The lowest BCUT2D eigenvalue weighted by molar-refractivity contribution is -0.127. The molecule has 0 spiro atoms. The van der Waals surface area contributed by atoms with E-state index in [9.17, 15) is 14.4 Å². The molecule has 1 unspecified atom stereocenters. The predicted molar refractivity (Wildman–Crippen MR) is 118 cm³/mol. The summed E-state index contributed by atoms with van der Waals surface area (Å²) in [5, 5.41) is 3.77. The normalized spacial score (nSPS) is 15.3. The maximum absolute atomic E-state index is 13.4. The molecule has 30 heavy (non-hydrogen) atoms. The predicted octanol–water partition coefficient (Wildman–Crippen LogP) is 4.16. The van der Waals surface area contributed by atoms with Crippen LogP contribution in [0.15, 0.2) is 59.1 Å². The van der Waals surface area contributed by atoms with Crippen LogP contribution in [0, 0.1) is 0 Å². The van der Waals surface area contributed by atoms with E-state index >= 15 is 0 Å². The van der Waals surface area contributed by atoms with E-state index in [2.05, 4.69) is 21.2 Å². The number of hydrogen-bond acceptors (Lipinski definition) is 3. The second-order valence-electron chi connectivity index (χ2n) is 8.44. The van der Waals surface area contributed by atoms with E-state index in [4.69, 9.17) is 0 Å². The summed E-state index contributed by atoms with van der Waals surface area (Å²) >= 11 is 3.40. The average molecular weight is 468 g/mol. The van der Waals surface area contributed by atoms with Gasteiger partial charge >= 0.3 is 0 Å². The summed E-state index contributed by atoms with van der Waals surface area (Å²) in [6, 6.07) is 15.4. The summed E-state index contributed by atoms with van der Waals surface area (Å²) in [7, 11) is 0. The highest BCUT2D eigenvalue weighted by molar-refractivity contribution is 9.10. The fourth-order valence-corrected chi connectivity index (χ4v) is 4.05. The zero-order chi connectivity index (χ0) is 21.6. The van der Waals surface area contributed by atoms with E-state index in [1.165, 1.54) is 9.47 Å². The van der Waals surface area contributed by atoms with E-state index in [-0.39, 0.29) is 30.0 Å². The molecule has 0 aliphatic carbocycles. The van der Waals surface area contributed by atoms with Crippen molar-refractivity contribution in [2.75, 3.05) is 6.54 Å². The molecule has 1 N–H and O–H groups in total. The van der Waals surface area contributed by atoms with Crippen molar-refractivity contribution in [2.45, 2.75) is 32.4 Å². The third-order valence-electron chi connectivity index (χ3n) is 4.99. The minimum Gasteiger partial charge on any atom is -0.349 e. The molecule has 2 aromatic carbocycles. The van der Waals surface area contributed by atoms with Crippen LogP contribution in [0.2, 0.25) is 0 Å². The summed E-state index contributed by atoms with van der Waals surface area (Å²) in [5.74, 6) is -0.908. The van der Waals surface area contributed by atoms with Crippen LogP contribution in [0.25, 0.3) is 10.9 Å². The van der Waals surface area contributed by atoms with Gasteiger partial charge in [-0.2, -0.15) is 0 Å². The van der Waals surface area contributed by atoms with Gasteiger partial charge in [0, 0.05) is 15.4 Å². The molecule has 1 atom stereocenters. The lowest BCUT2D eigenvalue weighted by Crippen LogP contribution is -2.53. The molecule has 0 fully saturated rings. The zero-order valence-electron chi connectivity index (χ0n) is 17.0. The Bertz CT molecular complexity index is 1160. The Balaban J connectivity index is 1.80. The monoisotopic (exact) mass is 467 g/mol. The van der Waals surface area contributed by atoms with Gasteiger partial charge in [0.15, 0.2) is 0 Å². The van der Waals surface area contributed by atoms with Crippen molar-refractivity contribution in [1.29, 1.82) is 0 Å². The van der Waals surface area contributed by atoms with Crippen LogP contribution in [-0.2, 0) is 4.79 Å². The minimum atomic E-state index is -0.916. The van der Waals surface area contributed by atoms with Crippen molar-refractivity contribution in [3.8, 4) is 0 Å². The number of rotatable bonds is 3. The van der Waals surface area contributed by atoms with Crippen molar-refractivity contribution >= 4 is 44.6 Å². The Hall–Kier alpha value is -2.93. The van der Waals surface area contributed by atoms with Crippen molar-refractivity contribution in [3.05, 3.63) is 70.3 Å². The fourth-order valence-electron chi connectivity index (χ4n) is 3.78. The van der Waals surface area contributed by atoms with Gasteiger partial charge in [-0.3, -0.25) is 19.0 Å². The van der Waals surface area contributed by atoms with Crippen LogP contribution >= 0.6 is 15.9 Å². The Morgan fingerprint density at radius 1 is 1.07 bits per heavy atom. The van der Waals surface area contributed by atoms with Crippen molar-refractivity contribution in [2.24, 2.45) is 0 Å². The molecule has 7 heteroatoms. The number of hydrogen-bond donors (Lipinski definition) is 1. The molecule has 0 saturated heterocycles. The number of nitrogens with zero attached hydrogens (tertiary/aromatic N) is 2. The number of halogens is 1. The first kappa shape index (κ1) is 20.3. The summed E-state index contributed by atoms with van der Waals surface area (Å²) in [6.45, 7) is 5.46. The SMILES string of the molecule is CC(C)(C)NC(=O)C(c1ccc(Br)cc1)N1CC(=O)n2c(cc3ccccc32)C1=O. The number of nitrogens with one attached hydrogen (secondary N) is 1. The first-order chi connectivity index (χ1) is 14.2. The molecular formula is C23H22BrN3O3. The third kappa shape index (κ3) is 3.65. The van der Waals surface area contributed by atoms with Crippen molar-refractivity contribution < 1.29 is 14.4 Å². The lowest BCUT2D eigenvalue weighted by atomic mass is 10.0. The number of benzene rings is 2. The standard InChI is InChI=1S/C23H22BrN3O3/c1-23(2,3)25-21(29)20(14-8-10-16(24)11-9-14)26-13-19(28)27-17-7-5-4-6-15(17)12-18(27)22(26)30/h4-12,20H,13H2,1-3H3,(H,25,29). The minimum absolute atomic E-state index is 0.178. The number of carbonyl (C=O) groups is 3. The second-order valence-corrected chi connectivity index (χ2v) is 9.36. The Morgan fingerprint density at radius 2 is 1.73 bits per heavy atom. The number of aromatic nitrogens is 1. The van der Waals surface area contributed by atoms with E-state index in [1.54, 1.807) is 18.2 Å². The van der Waals surface area contributed by atoms with Gasteiger partial charge in [0.25, 0.3) is 11.8 Å². The molecule has 4 rings (SSSR count). The largest absolute Gasteiger partial charge is 0.349 e. The van der Waals surface area contributed by atoms with Gasteiger partial charge < -0.3 is 10.2 Å². The van der Waals surface area contributed by atoms with Gasteiger partial charge in [0.1, 0.15) is 18.3 Å². The van der Waals surface area contributed by atoms with Gasteiger partial charge in [0.2, 0.25) is 5.91 Å². The topological polar surface area (TPSA) is 71.4 Å². The Kier molecular flexibility index (Phi) is 5.02. The first-order valence-corrected chi connectivity index (χ1v) is 10.5. The average Bonchev–Trinajstić information content (AvgIpc) is 3.06. The highest BCUT2D eigenvalue weighted by Gasteiger charge is 2.40. The molecule has 0 saturated carbocycles. The van der Waals surface area contributed by atoms with E-state index in [0.717, 1.165) is 9.86 Å². The third-order valence-corrected chi connectivity index (χ3v) is 5.52.